The van der Waals surface area contributed by atoms with Crippen LogP contribution in [0, 0.1) is 0 Å². The minimum Gasteiger partial charge on any atom is -0.493 e. The van der Waals surface area contributed by atoms with Crippen LogP contribution < -0.4 is 20.3 Å². The molecule has 2 N–H and O–H groups in total. The Morgan fingerprint density at radius 3 is 2.83 bits per heavy atom. The Morgan fingerprint density at radius 1 is 1.26 bits per heavy atom. The summed E-state index contributed by atoms with van der Waals surface area (Å²) in [5.41, 5.74) is 1.67. The lowest BCUT2D eigenvalue weighted by Gasteiger charge is -2.26. The molecule has 0 saturated heterocycles. The van der Waals surface area contributed by atoms with Gasteiger partial charge in [0.1, 0.15) is 11.6 Å². The lowest BCUT2D eigenvalue weighted by atomic mass is 10.0. The predicted octanol–water partition coefficient (Wildman–Crippen LogP) is 2.79. The number of carbonyl (C=O) groups is 1. The minimum atomic E-state index is -0.244. The number of aromatic nitrogens is 1. The number of hydrogen-bond acceptors (Lipinski definition) is 4. The highest BCUT2D eigenvalue weighted by Crippen LogP contribution is 2.31. The number of amides is 2. The van der Waals surface area contributed by atoms with Gasteiger partial charge in [-0.1, -0.05) is 18.2 Å². The van der Waals surface area contributed by atoms with Gasteiger partial charge in [0.05, 0.1) is 24.5 Å². The zero-order valence-corrected chi connectivity index (χ0v) is 13.2. The van der Waals surface area contributed by atoms with Crippen LogP contribution >= 0.6 is 0 Å². The summed E-state index contributed by atoms with van der Waals surface area (Å²) in [5, 5.41) is 5.81. The third kappa shape index (κ3) is 3.53. The van der Waals surface area contributed by atoms with E-state index in [2.05, 4.69) is 15.6 Å². The van der Waals surface area contributed by atoms with Crippen molar-refractivity contribution in [2.24, 2.45) is 0 Å². The van der Waals surface area contributed by atoms with Gasteiger partial charge in [0.25, 0.3) is 0 Å². The maximum Gasteiger partial charge on any atom is 0.319 e. The molecule has 1 aliphatic heterocycles. The number of carbonyl (C=O) groups excluding carboxylic acids is 1. The van der Waals surface area contributed by atoms with Gasteiger partial charge in [0, 0.05) is 26.1 Å². The second kappa shape index (κ2) is 6.56. The molecule has 1 unspecified atom stereocenters. The summed E-state index contributed by atoms with van der Waals surface area (Å²) in [4.78, 5) is 18.4. The van der Waals surface area contributed by atoms with E-state index in [4.69, 9.17) is 4.74 Å². The summed E-state index contributed by atoms with van der Waals surface area (Å²) in [5.74, 6) is 1.68. The molecule has 120 valence electrons. The molecule has 0 aliphatic carbocycles. The summed E-state index contributed by atoms with van der Waals surface area (Å²) >= 11 is 0. The number of benzene rings is 1. The Morgan fingerprint density at radius 2 is 2.09 bits per heavy atom. The highest BCUT2D eigenvalue weighted by atomic mass is 16.5. The molecule has 0 spiro atoms. The van der Waals surface area contributed by atoms with Gasteiger partial charge in [-0.2, -0.15) is 0 Å². The Balaban J connectivity index is 1.64. The molecule has 0 bridgehead atoms. The molecule has 0 radical (unpaired) electrons. The van der Waals surface area contributed by atoms with E-state index in [1.807, 2.05) is 55.4 Å². The summed E-state index contributed by atoms with van der Waals surface area (Å²) in [6, 6.07) is 11.2. The minimum absolute atomic E-state index is 0.0473. The fraction of sp³-hybridized carbons (Fsp3) is 0.294. The van der Waals surface area contributed by atoms with Crippen LogP contribution in [0.4, 0.5) is 16.3 Å². The van der Waals surface area contributed by atoms with E-state index in [1.165, 1.54) is 0 Å². The van der Waals surface area contributed by atoms with Gasteiger partial charge in [-0.25, -0.2) is 9.78 Å². The zero-order valence-electron chi connectivity index (χ0n) is 13.2. The molecule has 1 aromatic carbocycles. The predicted molar refractivity (Wildman–Crippen MR) is 90.0 cm³/mol. The smallest absolute Gasteiger partial charge is 0.319 e. The van der Waals surface area contributed by atoms with E-state index < -0.39 is 0 Å². The van der Waals surface area contributed by atoms with Crippen molar-refractivity contribution in [1.82, 2.24) is 10.3 Å². The SMILES string of the molecule is CN(C)c1ccc(NC(=O)NC2CCOc3ccccc32)cn1. The topological polar surface area (TPSA) is 66.5 Å². The van der Waals surface area contributed by atoms with Crippen molar-refractivity contribution in [3.63, 3.8) is 0 Å². The number of nitrogens with one attached hydrogen (secondary N) is 2. The van der Waals surface area contributed by atoms with E-state index in [-0.39, 0.29) is 12.1 Å². The number of pyridine rings is 1. The number of anilines is 2. The first-order chi connectivity index (χ1) is 11.1. The quantitative estimate of drug-likeness (QED) is 0.914. The average molecular weight is 312 g/mol. The molecule has 1 aliphatic rings. The third-order valence-corrected chi connectivity index (χ3v) is 3.73. The highest BCUT2D eigenvalue weighted by molar-refractivity contribution is 5.89. The van der Waals surface area contributed by atoms with Crippen LogP contribution in [0.1, 0.15) is 18.0 Å². The fourth-order valence-corrected chi connectivity index (χ4v) is 2.54. The van der Waals surface area contributed by atoms with Crippen LogP contribution in [0.25, 0.3) is 0 Å². The first-order valence-electron chi connectivity index (χ1n) is 7.56. The largest absolute Gasteiger partial charge is 0.493 e. The number of para-hydroxylation sites is 1. The van der Waals surface area contributed by atoms with Crippen LogP contribution in [-0.4, -0.2) is 31.7 Å². The molecule has 2 aromatic rings. The first kappa shape index (κ1) is 15.1. The normalized spacial score (nSPS) is 16.0. The molecule has 1 atom stereocenters. The summed E-state index contributed by atoms with van der Waals surface area (Å²) < 4.78 is 5.60. The van der Waals surface area contributed by atoms with Gasteiger partial charge in [-0.15, -0.1) is 0 Å². The Hall–Kier alpha value is -2.76. The lowest BCUT2D eigenvalue weighted by molar-refractivity contribution is 0.232. The fourth-order valence-electron chi connectivity index (χ4n) is 2.54. The van der Waals surface area contributed by atoms with E-state index in [9.17, 15) is 4.79 Å². The van der Waals surface area contributed by atoms with E-state index >= 15 is 0 Å². The van der Waals surface area contributed by atoms with Crippen molar-refractivity contribution in [3.05, 3.63) is 48.2 Å². The number of fused-ring (bicyclic) bond motifs is 1. The van der Waals surface area contributed by atoms with Gasteiger partial charge in [0.15, 0.2) is 0 Å². The van der Waals surface area contributed by atoms with Gasteiger partial charge >= 0.3 is 6.03 Å². The van der Waals surface area contributed by atoms with Crippen molar-refractivity contribution in [1.29, 1.82) is 0 Å². The second-order valence-electron chi connectivity index (χ2n) is 5.63. The Bertz CT molecular complexity index is 685. The molecule has 2 amide bonds. The Labute approximate surface area is 135 Å². The van der Waals surface area contributed by atoms with Crippen molar-refractivity contribution >= 4 is 17.5 Å². The molecule has 2 heterocycles. The molecular formula is C17H20N4O2. The Kier molecular flexibility index (Phi) is 4.32. The first-order valence-corrected chi connectivity index (χ1v) is 7.56. The van der Waals surface area contributed by atoms with Crippen molar-refractivity contribution < 1.29 is 9.53 Å². The molecule has 3 rings (SSSR count). The third-order valence-electron chi connectivity index (χ3n) is 3.73. The lowest BCUT2D eigenvalue weighted by Crippen LogP contribution is -2.35. The van der Waals surface area contributed by atoms with Gasteiger partial charge in [-0.05, 0) is 18.2 Å². The molecule has 6 heteroatoms. The van der Waals surface area contributed by atoms with Crippen LogP contribution in [0.15, 0.2) is 42.6 Å². The number of ether oxygens (including phenoxy) is 1. The maximum atomic E-state index is 12.2. The summed E-state index contributed by atoms with van der Waals surface area (Å²) in [7, 11) is 3.84. The van der Waals surface area contributed by atoms with Crippen LogP contribution in [0.3, 0.4) is 0 Å². The standard InChI is InChI=1S/C17H20N4O2/c1-21(2)16-8-7-12(11-18-16)19-17(22)20-14-9-10-23-15-6-4-3-5-13(14)15/h3-8,11,14H,9-10H2,1-2H3,(H2,19,20,22). The molecule has 6 nitrogen and oxygen atoms in total. The van der Waals surface area contributed by atoms with Gasteiger partial charge < -0.3 is 20.3 Å². The molecule has 0 fully saturated rings. The van der Waals surface area contributed by atoms with Crippen LogP contribution in [0.5, 0.6) is 5.75 Å². The van der Waals surface area contributed by atoms with Crippen molar-refractivity contribution in [2.45, 2.75) is 12.5 Å². The molecule has 1 aromatic heterocycles. The highest BCUT2D eigenvalue weighted by Gasteiger charge is 2.22. The van der Waals surface area contributed by atoms with E-state index in [1.54, 1.807) is 6.20 Å². The van der Waals surface area contributed by atoms with Crippen molar-refractivity contribution in [3.8, 4) is 5.75 Å². The molecular weight excluding hydrogens is 292 g/mol. The zero-order chi connectivity index (χ0) is 16.2. The summed E-state index contributed by atoms with van der Waals surface area (Å²) in [6.45, 7) is 0.598. The number of nitrogens with zero attached hydrogens (tertiary/aromatic N) is 2. The number of hydrogen-bond donors (Lipinski definition) is 2. The second-order valence-corrected chi connectivity index (χ2v) is 5.63. The maximum absolute atomic E-state index is 12.2. The van der Waals surface area contributed by atoms with Gasteiger partial charge in [0.2, 0.25) is 0 Å². The van der Waals surface area contributed by atoms with Gasteiger partial charge in [-0.3, -0.25) is 0 Å². The monoisotopic (exact) mass is 312 g/mol. The van der Waals surface area contributed by atoms with E-state index in [0.29, 0.717) is 12.3 Å². The average Bonchev–Trinajstić information content (AvgIpc) is 2.55. The molecule has 23 heavy (non-hydrogen) atoms. The van der Waals surface area contributed by atoms with Crippen LogP contribution in [0.2, 0.25) is 0 Å². The number of urea groups is 1. The van der Waals surface area contributed by atoms with Crippen molar-refractivity contribution in [2.75, 3.05) is 30.9 Å². The summed E-state index contributed by atoms with van der Waals surface area (Å²) in [6.07, 6.45) is 2.40. The number of rotatable bonds is 3. The van der Waals surface area contributed by atoms with Crippen LogP contribution in [-0.2, 0) is 0 Å². The molecule has 0 saturated carbocycles. The van der Waals surface area contributed by atoms with E-state index in [0.717, 1.165) is 23.6 Å².